The Morgan fingerprint density at radius 1 is 1.04 bits per heavy atom. The van der Waals surface area contributed by atoms with Gasteiger partial charge in [-0.05, 0) is 40.8 Å². The van der Waals surface area contributed by atoms with Crippen LogP contribution in [0.4, 0.5) is 5.95 Å². The van der Waals surface area contributed by atoms with Gasteiger partial charge in [0.25, 0.3) is 16.0 Å². The molecule has 0 atom stereocenters. The molecule has 0 aliphatic heterocycles. The van der Waals surface area contributed by atoms with Gasteiger partial charge in [0.1, 0.15) is 6.33 Å². The molecular weight excluding hydrogens is 384 g/mol. The zero-order valence-electron chi connectivity index (χ0n) is 15.3. The lowest BCUT2D eigenvalue weighted by Gasteiger charge is -2.19. The van der Waals surface area contributed by atoms with Crippen LogP contribution in [0.1, 0.15) is 31.9 Å². The number of nitrogens with zero attached hydrogens (tertiary/aromatic N) is 3. The van der Waals surface area contributed by atoms with E-state index in [-0.39, 0.29) is 16.3 Å². The molecule has 8 heteroatoms. The number of sulfonamides is 1. The number of hydrogen-bond donors (Lipinski definition) is 1. The van der Waals surface area contributed by atoms with Gasteiger partial charge in [-0.3, -0.25) is 0 Å². The number of rotatable bonds is 5. The van der Waals surface area contributed by atoms with Crippen LogP contribution in [0.25, 0.3) is 0 Å². The monoisotopic (exact) mass is 404 g/mol. The van der Waals surface area contributed by atoms with Crippen LogP contribution < -0.4 is 4.72 Å². The summed E-state index contributed by atoms with van der Waals surface area (Å²) in [6, 6.07) is 14.2. The first kappa shape index (κ1) is 19.4. The van der Waals surface area contributed by atoms with E-state index in [9.17, 15) is 8.42 Å². The second-order valence-electron chi connectivity index (χ2n) is 7.27. The zero-order chi connectivity index (χ0) is 19.7. The minimum atomic E-state index is -3.75. The smallest absolute Gasteiger partial charge is 0.246 e. The third kappa shape index (κ3) is 4.87. The van der Waals surface area contributed by atoms with E-state index < -0.39 is 10.0 Å². The Labute approximate surface area is 164 Å². The summed E-state index contributed by atoms with van der Waals surface area (Å²) >= 11 is 5.87. The normalized spacial score (nSPS) is 12.1. The van der Waals surface area contributed by atoms with Gasteiger partial charge in [0.15, 0.2) is 0 Å². The summed E-state index contributed by atoms with van der Waals surface area (Å²) in [5.74, 6) is 0.0314. The molecule has 0 fully saturated rings. The molecule has 1 N–H and O–H groups in total. The van der Waals surface area contributed by atoms with Crippen molar-refractivity contribution >= 4 is 27.6 Å². The Bertz CT molecular complexity index is 1020. The van der Waals surface area contributed by atoms with E-state index in [2.05, 4.69) is 35.6 Å². The molecule has 27 heavy (non-hydrogen) atoms. The van der Waals surface area contributed by atoms with Crippen LogP contribution in [0.15, 0.2) is 59.8 Å². The van der Waals surface area contributed by atoms with Crippen molar-refractivity contribution < 1.29 is 8.42 Å². The molecule has 0 aliphatic carbocycles. The van der Waals surface area contributed by atoms with E-state index in [0.717, 1.165) is 11.1 Å². The van der Waals surface area contributed by atoms with Gasteiger partial charge >= 0.3 is 0 Å². The number of aromatic nitrogens is 3. The van der Waals surface area contributed by atoms with Gasteiger partial charge in [0.2, 0.25) is 0 Å². The molecule has 0 bridgehead atoms. The Hall–Kier alpha value is -2.38. The van der Waals surface area contributed by atoms with Crippen LogP contribution in [0, 0.1) is 0 Å². The van der Waals surface area contributed by atoms with Crippen molar-refractivity contribution in [2.75, 3.05) is 4.72 Å². The summed E-state index contributed by atoms with van der Waals surface area (Å²) < 4.78 is 29.1. The average Bonchev–Trinajstić information content (AvgIpc) is 3.02. The van der Waals surface area contributed by atoms with Crippen molar-refractivity contribution in [3.05, 3.63) is 71.0 Å². The summed E-state index contributed by atoms with van der Waals surface area (Å²) in [6.07, 6.45) is 1.48. The van der Waals surface area contributed by atoms with E-state index in [0.29, 0.717) is 11.6 Å². The molecular formula is C19H21ClN4O2S. The first-order chi connectivity index (χ1) is 12.6. The number of anilines is 1. The van der Waals surface area contributed by atoms with Crippen molar-refractivity contribution in [1.82, 2.24) is 14.8 Å². The highest BCUT2D eigenvalue weighted by atomic mass is 35.5. The fourth-order valence-corrected chi connectivity index (χ4v) is 3.58. The van der Waals surface area contributed by atoms with Crippen molar-refractivity contribution in [2.45, 2.75) is 37.6 Å². The fourth-order valence-electron chi connectivity index (χ4n) is 2.51. The molecule has 2 aromatic carbocycles. The van der Waals surface area contributed by atoms with Crippen LogP contribution in [-0.2, 0) is 22.0 Å². The van der Waals surface area contributed by atoms with Crippen LogP contribution in [-0.4, -0.2) is 23.2 Å². The Kier molecular flexibility index (Phi) is 5.26. The molecule has 6 nitrogen and oxygen atoms in total. The van der Waals surface area contributed by atoms with Crippen molar-refractivity contribution in [1.29, 1.82) is 0 Å². The van der Waals surface area contributed by atoms with E-state index >= 15 is 0 Å². The predicted octanol–water partition coefficient (Wildman–Crippen LogP) is 4.08. The quantitative estimate of drug-likeness (QED) is 0.695. The molecule has 0 radical (unpaired) electrons. The minimum absolute atomic E-state index is 0.0314. The van der Waals surface area contributed by atoms with E-state index in [4.69, 9.17) is 11.6 Å². The highest BCUT2D eigenvalue weighted by Crippen LogP contribution is 2.24. The third-order valence-electron chi connectivity index (χ3n) is 4.05. The molecule has 1 heterocycles. The van der Waals surface area contributed by atoms with Gasteiger partial charge in [-0.25, -0.2) is 17.8 Å². The Balaban J connectivity index is 1.72. The SMILES string of the molecule is CC(C)(C)c1ccc(S(=O)(=O)Nc2ncn(Cc3ccc(Cl)cc3)n2)cc1. The minimum Gasteiger partial charge on any atom is -0.246 e. The fraction of sp³-hybridized carbons (Fsp3) is 0.263. The van der Waals surface area contributed by atoms with Crippen molar-refractivity contribution in [3.63, 3.8) is 0 Å². The van der Waals surface area contributed by atoms with Crippen LogP contribution >= 0.6 is 11.6 Å². The summed E-state index contributed by atoms with van der Waals surface area (Å²) in [7, 11) is -3.75. The Morgan fingerprint density at radius 2 is 1.67 bits per heavy atom. The highest BCUT2D eigenvalue weighted by Gasteiger charge is 2.19. The molecule has 0 saturated carbocycles. The molecule has 0 aliphatic rings. The third-order valence-corrected chi connectivity index (χ3v) is 5.65. The molecule has 0 unspecified atom stereocenters. The van der Waals surface area contributed by atoms with Gasteiger partial charge in [-0.15, -0.1) is 5.10 Å². The van der Waals surface area contributed by atoms with E-state index in [1.807, 2.05) is 24.3 Å². The summed E-state index contributed by atoms with van der Waals surface area (Å²) in [4.78, 5) is 4.20. The largest absolute Gasteiger partial charge is 0.264 e. The van der Waals surface area contributed by atoms with Gasteiger partial charge in [-0.2, -0.15) is 4.98 Å². The molecule has 142 valence electrons. The van der Waals surface area contributed by atoms with Gasteiger partial charge < -0.3 is 0 Å². The lowest BCUT2D eigenvalue weighted by molar-refractivity contribution is 0.587. The second kappa shape index (κ2) is 7.32. The Morgan fingerprint density at radius 3 is 2.26 bits per heavy atom. The first-order valence-electron chi connectivity index (χ1n) is 8.41. The first-order valence-corrected chi connectivity index (χ1v) is 10.3. The lowest BCUT2D eigenvalue weighted by Crippen LogP contribution is -2.16. The van der Waals surface area contributed by atoms with Crippen molar-refractivity contribution in [3.8, 4) is 0 Å². The van der Waals surface area contributed by atoms with Crippen LogP contribution in [0.2, 0.25) is 5.02 Å². The molecule has 1 aromatic heterocycles. The van der Waals surface area contributed by atoms with E-state index in [1.54, 1.807) is 28.9 Å². The maximum absolute atomic E-state index is 12.6. The maximum atomic E-state index is 12.6. The summed E-state index contributed by atoms with van der Waals surface area (Å²) in [5.41, 5.74) is 2.00. The lowest BCUT2D eigenvalue weighted by atomic mass is 9.87. The van der Waals surface area contributed by atoms with Crippen LogP contribution in [0.3, 0.4) is 0 Å². The van der Waals surface area contributed by atoms with Gasteiger partial charge in [0.05, 0.1) is 11.4 Å². The second-order valence-corrected chi connectivity index (χ2v) is 9.39. The molecule has 3 aromatic rings. The van der Waals surface area contributed by atoms with E-state index in [1.165, 1.54) is 6.33 Å². The molecule has 0 spiro atoms. The molecule has 0 saturated heterocycles. The maximum Gasteiger partial charge on any atom is 0.264 e. The summed E-state index contributed by atoms with van der Waals surface area (Å²) in [5, 5.41) is 4.83. The number of hydrogen-bond acceptors (Lipinski definition) is 4. The standard InChI is InChI=1S/C19H21ClN4O2S/c1-19(2,3)15-6-10-17(11-7-15)27(25,26)23-18-21-13-24(22-18)12-14-4-8-16(20)9-5-14/h4-11,13H,12H2,1-3H3,(H,22,23). The number of benzene rings is 2. The number of halogens is 1. The topological polar surface area (TPSA) is 76.9 Å². The highest BCUT2D eigenvalue weighted by molar-refractivity contribution is 7.92. The molecule has 3 rings (SSSR count). The number of nitrogens with one attached hydrogen (secondary N) is 1. The van der Waals surface area contributed by atoms with Gasteiger partial charge in [-0.1, -0.05) is 56.6 Å². The van der Waals surface area contributed by atoms with Gasteiger partial charge in [0, 0.05) is 5.02 Å². The van der Waals surface area contributed by atoms with Crippen molar-refractivity contribution in [2.24, 2.45) is 0 Å². The zero-order valence-corrected chi connectivity index (χ0v) is 16.9. The predicted molar refractivity (Wildman–Crippen MR) is 107 cm³/mol. The molecule has 0 amide bonds. The summed E-state index contributed by atoms with van der Waals surface area (Å²) in [6.45, 7) is 6.69. The van der Waals surface area contributed by atoms with Crippen LogP contribution in [0.5, 0.6) is 0 Å². The average molecular weight is 405 g/mol.